The molecule has 2 heterocycles. The van der Waals surface area contributed by atoms with Gasteiger partial charge >= 0.3 is 0 Å². The molecule has 1 fully saturated rings. The number of piperidine rings is 1. The first-order chi connectivity index (χ1) is 9.49. The molecule has 1 aromatic rings. The zero-order valence-corrected chi connectivity index (χ0v) is 12.5. The standard InChI is InChI=1S/C15H23N3O2/c1-11(2)10-18-9-6-16-14(15(18)20)17-7-4-13(5-8-17)12(3)19/h6,9,11,13H,4-5,7-8,10H2,1-3H3. The highest BCUT2D eigenvalue weighted by atomic mass is 16.1. The van der Waals surface area contributed by atoms with Crippen LogP contribution < -0.4 is 10.5 Å². The average molecular weight is 277 g/mol. The molecule has 1 saturated heterocycles. The van der Waals surface area contributed by atoms with Crippen LogP contribution in [-0.2, 0) is 11.3 Å². The number of carbonyl (C=O) groups excluding carboxylic acids is 1. The normalized spacial score (nSPS) is 16.7. The summed E-state index contributed by atoms with van der Waals surface area (Å²) in [6.45, 7) is 8.00. The number of hydrogen-bond acceptors (Lipinski definition) is 4. The Hall–Kier alpha value is -1.65. The maximum Gasteiger partial charge on any atom is 0.293 e. The van der Waals surface area contributed by atoms with Crippen molar-refractivity contribution in [1.29, 1.82) is 0 Å². The Morgan fingerprint density at radius 2 is 2.05 bits per heavy atom. The number of aromatic nitrogens is 2. The SMILES string of the molecule is CC(=O)C1CCN(c2nccn(CC(C)C)c2=O)CC1. The lowest BCUT2D eigenvalue weighted by molar-refractivity contribution is -0.121. The van der Waals surface area contributed by atoms with Crippen LogP contribution in [0.25, 0.3) is 0 Å². The van der Waals surface area contributed by atoms with Crippen molar-refractivity contribution >= 4 is 11.6 Å². The molecule has 0 amide bonds. The third-order valence-electron chi connectivity index (χ3n) is 3.83. The fraction of sp³-hybridized carbons (Fsp3) is 0.667. The van der Waals surface area contributed by atoms with Crippen LogP contribution in [0, 0.1) is 11.8 Å². The zero-order valence-electron chi connectivity index (χ0n) is 12.5. The summed E-state index contributed by atoms with van der Waals surface area (Å²) in [5, 5.41) is 0. The number of Topliss-reactive ketones (excluding diaryl/α,β-unsaturated/α-hetero) is 1. The minimum absolute atomic E-state index is 0.0255. The van der Waals surface area contributed by atoms with E-state index in [0.29, 0.717) is 18.3 Å². The summed E-state index contributed by atoms with van der Waals surface area (Å²) in [4.78, 5) is 30.1. The van der Waals surface area contributed by atoms with Crippen LogP contribution in [0.5, 0.6) is 0 Å². The fourth-order valence-corrected chi connectivity index (χ4v) is 2.69. The van der Waals surface area contributed by atoms with Gasteiger partial charge in [0.15, 0.2) is 5.82 Å². The maximum atomic E-state index is 12.4. The first-order valence-electron chi connectivity index (χ1n) is 7.30. The van der Waals surface area contributed by atoms with Gasteiger partial charge in [0.25, 0.3) is 5.56 Å². The van der Waals surface area contributed by atoms with Crippen LogP contribution in [0.2, 0.25) is 0 Å². The van der Waals surface area contributed by atoms with Gasteiger partial charge in [-0.1, -0.05) is 13.8 Å². The highest BCUT2D eigenvalue weighted by Crippen LogP contribution is 2.20. The predicted molar refractivity (Wildman–Crippen MR) is 79.0 cm³/mol. The number of rotatable bonds is 4. The van der Waals surface area contributed by atoms with Crippen LogP contribution in [0.4, 0.5) is 5.82 Å². The molecule has 1 aliphatic heterocycles. The smallest absolute Gasteiger partial charge is 0.293 e. The van der Waals surface area contributed by atoms with Gasteiger partial charge in [0.1, 0.15) is 5.78 Å². The summed E-state index contributed by atoms with van der Waals surface area (Å²) in [7, 11) is 0. The Morgan fingerprint density at radius 3 is 2.60 bits per heavy atom. The second kappa shape index (κ2) is 6.20. The second-order valence-corrected chi connectivity index (χ2v) is 5.97. The number of nitrogens with zero attached hydrogens (tertiary/aromatic N) is 3. The van der Waals surface area contributed by atoms with E-state index in [1.165, 1.54) is 0 Å². The molecule has 5 nitrogen and oxygen atoms in total. The van der Waals surface area contributed by atoms with Gasteiger partial charge in [-0.2, -0.15) is 0 Å². The van der Waals surface area contributed by atoms with Crippen molar-refractivity contribution in [2.45, 2.75) is 40.2 Å². The number of carbonyl (C=O) groups is 1. The van der Waals surface area contributed by atoms with E-state index in [1.807, 2.05) is 4.90 Å². The van der Waals surface area contributed by atoms with Gasteiger partial charge in [-0.25, -0.2) is 4.98 Å². The minimum Gasteiger partial charge on any atom is -0.352 e. The van der Waals surface area contributed by atoms with E-state index in [1.54, 1.807) is 23.9 Å². The van der Waals surface area contributed by atoms with Crippen LogP contribution in [0.1, 0.15) is 33.6 Å². The van der Waals surface area contributed by atoms with Gasteiger partial charge in [0.05, 0.1) is 0 Å². The average Bonchev–Trinajstić information content (AvgIpc) is 2.41. The highest BCUT2D eigenvalue weighted by Gasteiger charge is 2.24. The third-order valence-corrected chi connectivity index (χ3v) is 3.83. The topological polar surface area (TPSA) is 55.2 Å². The molecule has 0 unspecified atom stereocenters. The minimum atomic E-state index is -0.0255. The lowest BCUT2D eigenvalue weighted by Crippen LogP contribution is -2.40. The molecule has 0 aliphatic carbocycles. The summed E-state index contributed by atoms with van der Waals surface area (Å²) in [5.41, 5.74) is -0.0255. The third kappa shape index (κ3) is 3.26. The van der Waals surface area contributed by atoms with Crippen LogP contribution in [0.15, 0.2) is 17.2 Å². The predicted octanol–water partition coefficient (Wildman–Crippen LogP) is 1.70. The summed E-state index contributed by atoms with van der Waals surface area (Å²) in [6.07, 6.45) is 5.06. The van der Waals surface area contributed by atoms with Gasteiger partial charge < -0.3 is 9.47 Å². The van der Waals surface area contributed by atoms with Crippen molar-refractivity contribution in [2.75, 3.05) is 18.0 Å². The van der Waals surface area contributed by atoms with Gasteiger partial charge in [-0.05, 0) is 25.7 Å². The lowest BCUT2D eigenvalue weighted by Gasteiger charge is -2.31. The van der Waals surface area contributed by atoms with E-state index in [-0.39, 0.29) is 17.3 Å². The van der Waals surface area contributed by atoms with Crippen molar-refractivity contribution in [3.05, 3.63) is 22.7 Å². The van der Waals surface area contributed by atoms with E-state index < -0.39 is 0 Å². The molecular formula is C15H23N3O2. The van der Waals surface area contributed by atoms with Crippen LogP contribution in [-0.4, -0.2) is 28.4 Å². The first kappa shape index (κ1) is 14.8. The van der Waals surface area contributed by atoms with Crippen molar-refractivity contribution in [3.8, 4) is 0 Å². The largest absolute Gasteiger partial charge is 0.352 e. The van der Waals surface area contributed by atoms with Crippen molar-refractivity contribution in [1.82, 2.24) is 9.55 Å². The number of anilines is 1. The van der Waals surface area contributed by atoms with E-state index in [2.05, 4.69) is 18.8 Å². The van der Waals surface area contributed by atoms with Gasteiger partial charge in [-0.15, -0.1) is 0 Å². The number of hydrogen-bond donors (Lipinski definition) is 0. The van der Waals surface area contributed by atoms with Crippen molar-refractivity contribution in [2.24, 2.45) is 11.8 Å². The molecule has 20 heavy (non-hydrogen) atoms. The Morgan fingerprint density at radius 1 is 1.40 bits per heavy atom. The molecule has 0 radical (unpaired) electrons. The number of ketones is 1. The molecule has 5 heteroatoms. The lowest BCUT2D eigenvalue weighted by atomic mass is 9.93. The summed E-state index contributed by atoms with van der Waals surface area (Å²) in [6, 6.07) is 0. The molecule has 1 aliphatic rings. The molecule has 0 atom stereocenters. The van der Waals surface area contributed by atoms with E-state index >= 15 is 0 Å². The Balaban J connectivity index is 2.14. The highest BCUT2D eigenvalue weighted by molar-refractivity contribution is 5.78. The molecule has 0 spiro atoms. The molecule has 0 N–H and O–H groups in total. The van der Waals surface area contributed by atoms with Crippen LogP contribution >= 0.6 is 0 Å². The Labute approximate surface area is 119 Å². The summed E-state index contributed by atoms with van der Waals surface area (Å²) >= 11 is 0. The Kier molecular flexibility index (Phi) is 4.57. The molecule has 0 aromatic carbocycles. The first-order valence-corrected chi connectivity index (χ1v) is 7.30. The zero-order chi connectivity index (χ0) is 14.7. The Bertz CT molecular complexity index is 528. The van der Waals surface area contributed by atoms with E-state index in [0.717, 1.165) is 25.9 Å². The van der Waals surface area contributed by atoms with Gasteiger partial charge in [0, 0.05) is 37.9 Å². The van der Waals surface area contributed by atoms with Crippen molar-refractivity contribution in [3.63, 3.8) is 0 Å². The molecule has 0 bridgehead atoms. The summed E-state index contributed by atoms with van der Waals surface area (Å²) in [5.74, 6) is 1.34. The quantitative estimate of drug-likeness (QED) is 0.840. The van der Waals surface area contributed by atoms with E-state index in [4.69, 9.17) is 0 Å². The fourth-order valence-electron chi connectivity index (χ4n) is 2.69. The van der Waals surface area contributed by atoms with Gasteiger partial charge in [-0.3, -0.25) is 9.59 Å². The molecule has 1 aromatic heterocycles. The molecular weight excluding hydrogens is 254 g/mol. The molecule has 0 saturated carbocycles. The second-order valence-electron chi connectivity index (χ2n) is 5.97. The van der Waals surface area contributed by atoms with Gasteiger partial charge in [0.2, 0.25) is 0 Å². The van der Waals surface area contributed by atoms with Crippen molar-refractivity contribution < 1.29 is 4.79 Å². The monoisotopic (exact) mass is 277 g/mol. The maximum absolute atomic E-state index is 12.4. The molecule has 110 valence electrons. The van der Waals surface area contributed by atoms with Crippen LogP contribution in [0.3, 0.4) is 0 Å². The summed E-state index contributed by atoms with van der Waals surface area (Å²) < 4.78 is 1.73. The van der Waals surface area contributed by atoms with E-state index in [9.17, 15) is 9.59 Å². The molecule has 2 rings (SSSR count).